The van der Waals surface area contributed by atoms with Crippen LogP contribution in [0.2, 0.25) is 0 Å². The Hall–Kier alpha value is -5.40. The number of carbonyl (C=O) groups excluding carboxylic acids is 8. The lowest BCUT2D eigenvalue weighted by Crippen LogP contribution is -2.44. The van der Waals surface area contributed by atoms with Gasteiger partial charge in [-0.05, 0) is 50.3 Å². The van der Waals surface area contributed by atoms with Gasteiger partial charge in [0.15, 0.2) is 0 Å². The maximum absolute atomic E-state index is 14.1. The Bertz CT molecular complexity index is 2510. The Balaban J connectivity index is 1.97. The molecule has 0 atom stereocenters. The van der Waals surface area contributed by atoms with Gasteiger partial charge < -0.3 is 50.8 Å². The zero-order valence-corrected chi connectivity index (χ0v) is 64.1. The molecule has 0 unspecified atom stereocenters. The van der Waals surface area contributed by atoms with Gasteiger partial charge in [0.1, 0.15) is 12.4 Å². The van der Waals surface area contributed by atoms with Crippen molar-refractivity contribution in [1.82, 2.24) is 36.8 Å². The fourth-order valence-corrected chi connectivity index (χ4v) is 11.3. The SMILES string of the molecule is CCCCCCCCCCCCCCCC(=O)NCC(C)(C)COCC(C)(C)CNC(=O)c1cc(OCCNC(=O)CC(C)(C)COCC(C)(C)CNC(=O)CCN2C(=O)C=CC2=O)cc(C(=O)NCC(C)(C)COC(C)(C)CNC(=O)CCCCCCCCCCCCCCC)c1. The molecule has 0 bridgehead atoms. The van der Waals surface area contributed by atoms with E-state index in [1.165, 1.54) is 153 Å². The Kier molecular flexibility index (Phi) is 43.8. The molecule has 0 aromatic heterocycles. The first-order valence-corrected chi connectivity index (χ1v) is 38.0. The third-order valence-corrected chi connectivity index (χ3v) is 17.8. The number of imide groups is 1. The first-order valence-electron chi connectivity index (χ1n) is 38.0. The van der Waals surface area contributed by atoms with Crippen LogP contribution in [0.15, 0.2) is 30.4 Å². The highest BCUT2D eigenvalue weighted by Crippen LogP contribution is 2.26. The second-order valence-corrected chi connectivity index (χ2v) is 32.6. The number of nitrogens with zero attached hydrogens (tertiary/aromatic N) is 1. The number of hydrogen-bond donors (Lipinski definition) is 6. The maximum Gasteiger partial charge on any atom is 0.253 e. The van der Waals surface area contributed by atoms with Crippen LogP contribution in [0.5, 0.6) is 5.75 Å². The van der Waals surface area contributed by atoms with Crippen LogP contribution in [0, 0.1) is 27.1 Å². The zero-order chi connectivity index (χ0) is 72.9. The van der Waals surface area contributed by atoms with Gasteiger partial charge in [-0.3, -0.25) is 43.3 Å². The molecule has 0 saturated heterocycles. The fraction of sp³-hybridized carbons (Fsp3) is 0.797. The van der Waals surface area contributed by atoms with E-state index in [-0.39, 0.29) is 98.2 Å². The number of unbranched alkanes of at least 4 members (excludes halogenated alkanes) is 24. The van der Waals surface area contributed by atoms with E-state index in [0.717, 1.165) is 37.0 Å². The molecule has 8 amide bonds. The lowest BCUT2D eigenvalue weighted by atomic mass is 9.89. The van der Waals surface area contributed by atoms with Gasteiger partial charge in [-0.1, -0.05) is 237 Å². The van der Waals surface area contributed by atoms with E-state index in [1.54, 1.807) is 12.1 Å². The molecule has 98 heavy (non-hydrogen) atoms. The van der Waals surface area contributed by atoms with E-state index in [1.807, 2.05) is 69.2 Å². The Morgan fingerprint density at radius 1 is 0.378 bits per heavy atom. The number of benzene rings is 1. The lowest BCUT2D eigenvalue weighted by molar-refractivity contribution is -0.137. The third kappa shape index (κ3) is 44.7. The smallest absolute Gasteiger partial charge is 0.253 e. The first-order chi connectivity index (χ1) is 46.3. The van der Waals surface area contributed by atoms with Crippen LogP contribution in [0.25, 0.3) is 0 Å². The van der Waals surface area contributed by atoms with Crippen molar-refractivity contribution in [1.29, 1.82) is 0 Å². The zero-order valence-electron chi connectivity index (χ0n) is 64.1. The van der Waals surface area contributed by atoms with Crippen molar-refractivity contribution < 1.29 is 57.3 Å². The van der Waals surface area contributed by atoms with E-state index < -0.39 is 50.9 Å². The van der Waals surface area contributed by atoms with Crippen molar-refractivity contribution >= 4 is 47.3 Å². The summed E-state index contributed by atoms with van der Waals surface area (Å²) in [6.07, 6.45) is 36.2. The largest absolute Gasteiger partial charge is 0.492 e. The van der Waals surface area contributed by atoms with Crippen molar-refractivity contribution in [3.63, 3.8) is 0 Å². The molecule has 562 valence electrons. The number of amides is 8. The third-order valence-electron chi connectivity index (χ3n) is 17.8. The molecule has 1 aliphatic heterocycles. The Labute approximate surface area is 593 Å². The molecule has 19 nitrogen and oxygen atoms in total. The molecule has 6 N–H and O–H groups in total. The summed E-state index contributed by atoms with van der Waals surface area (Å²) in [7, 11) is 0. The monoisotopic (exact) mass is 1380 g/mol. The molecule has 19 heteroatoms. The standard InChI is InChI=1S/C79H139N7O12/c1-15-17-19-21-23-25-27-29-31-33-35-37-39-41-66(87)81-53-75(5,6)60-96-61-77(9,10)55-84-72(93)63-49-64(73(94)85-56-78(11,12)62-98-79(13,14)57-83-67(88)42-40-38-36-34-32-30-28-26-24-22-20-18-16-2)51-65(50-63)97-48-46-80-69(90)52-74(3,4)58-95-59-76(7,8)54-82-68(89)45-47-86-70(91)43-44-71(86)92/h43-44,49-51H,15-42,45-48,52-62H2,1-14H3,(H,80,90)(H,81,87)(H,82,89)(H,83,88)(H,84,93)(H,85,94). The number of nitrogens with one attached hydrogen (secondary N) is 6. The van der Waals surface area contributed by atoms with E-state index in [9.17, 15) is 38.4 Å². The first kappa shape index (κ1) is 88.7. The molecule has 1 aromatic carbocycles. The van der Waals surface area contributed by atoms with Gasteiger partial charge in [0.25, 0.3) is 23.6 Å². The summed E-state index contributed by atoms with van der Waals surface area (Å²) in [5.74, 6) is -1.84. The molecular weight excluding hydrogens is 1240 g/mol. The van der Waals surface area contributed by atoms with Crippen molar-refractivity contribution in [2.45, 2.75) is 295 Å². The van der Waals surface area contributed by atoms with Gasteiger partial charge in [-0.15, -0.1) is 0 Å². The molecule has 0 saturated carbocycles. The molecule has 1 aliphatic rings. The molecule has 0 spiro atoms. The lowest BCUT2D eigenvalue weighted by Gasteiger charge is -2.32. The minimum atomic E-state index is -0.656. The predicted octanol–water partition coefficient (Wildman–Crippen LogP) is 14.6. The van der Waals surface area contributed by atoms with Crippen LogP contribution in [-0.4, -0.2) is 143 Å². The normalized spacial score (nSPS) is 13.1. The van der Waals surface area contributed by atoms with Gasteiger partial charge in [-0.2, -0.15) is 0 Å². The minimum absolute atomic E-state index is 0.00309. The number of ether oxygens (including phenoxy) is 4. The molecule has 1 heterocycles. The average Bonchev–Trinajstić information content (AvgIpc) is 0.880. The van der Waals surface area contributed by atoms with Crippen LogP contribution in [0.3, 0.4) is 0 Å². The molecule has 0 aliphatic carbocycles. The summed E-state index contributed by atoms with van der Waals surface area (Å²) in [4.78, 5) is 104. The van der Waals surface area contributed by atoms with Crippen molar-refractivity contribution in [3.8, 4) is 5.75 Å². The van der Waals surface area contributed by atoms with Crippen molar-refractivity contribution in [2.24, 2.45) is 27.1 Å². The Morgan fingerprint density at radius 2 is 0.714 bits per heavy atom. The van der Waals surface area contributed by atoms with Crippen LogP contribution < -0.4 is 36.6 Å². The summed E-state index contributed by atoms with van der Waals surface area (Å²) in [5, 5.41) is 18.0. The van der Waals surface area contributed by atoms with Crippen molar-refractivity contribution in [3.05, 3.63) is 41.5 Å². The molecule has 1 aromatic rings. The van der Waals surface area contributed by atoms with E-state index in [0.29, 0.717) is 58.9 Å². The average molecular weight is 1380 g/mol. The summed E-state index contributed by atoms with van der Waals surface area (Å²) in [5.41, 5.74) is -2.54. The van der Waals surface area contributed by atoms with Gasteiger partial charge in [-0.25, -0.2) is 0 Å². The van der Waals surface area contributed by atoms with E-state index >= 15 is 0 Å². The van der Waals surface area contributed by atoms with Crippen LogP contribution in [0.4, 0.5) is 0 Å². The second-order valence-electron chi connectivity index (χ2n) is 32.6. The number of hydrogen-bond acceptors (Lipinski definition) is 12. The molecular formula is C79H139N7O12. The highest BCUT2D eigenvalue weighted by atomic mass is 16.5. The van der Waals surface area contributed by atoms with Crippen LogP contribution in [0.1, 0.15) is 310 Å². The number of carbonyl (C=O) groups is 8. The molecule has 2 rings (SSSR count). The minimum Gasteiger partial charge on any atom is -0.492 e. The topological polar surface area (TPSA) is 249 Å². The van der Waals surface area contributed by atoms with Gasteiger partial charge in [0.05, 0.1) is 45.2 Å². The second kappa shape index (κ2) is 48.4. The maximum atomic E-state index is 14.1. The van der Waals surface area contributed by atoms with Gasteiger partial charge in [0.2, 0.25) is 23.6 Å². The Morgan fingerprint density at radius 3 is 1.11 bits per heavy atom. The van der Waals surface area contributed by atoms with E-state index in [4.69, 9.17) is 18.9 Å². The van der Waals surface area contributed by atoms with Crippen molar-refractivity contribution in [2.75, 3.05) is 85.5 Å². The summed E-state index contributed by atoms with van der Waals surface area (Å²) < 4.78 is 24.8. The summed E-state index contributed by atoms with van der Waals surface area (Å²) in [6.45, 7) is 31.7. The van der Waals surface area contributed by atoms with Gasteiger partial charge >= 0.3 is 0 Å². The molecule has 0 fully saturated rings. The van der Waals surface area contributed by atoms with Crippen LogP contribution >= 0.6 is 0 Å². The quantitative estimate of drug-likeness (QED) is 0.0263. The fourth-order valence-electron chi connectivity index (χ4n) is 11.3. The number of rotatable bonds is 60. The highest BCUT2D eigenvalue weighted by molar-refractivity contribution is 6.13. The van der Waals surface area contributed by atoms with Gasteiger partial charge in [0, 0.05) is 110 Å². The summed E-state index contributed by atoms with van der Waals surface area (Å²) in [6, 6.07) is 4.69. The predicted molar refractivity (Wildman–Crippen MR) is 395 cm³/mol. The van der Waals surface area contributed by atoms with E-state index in [2.05, 4.69) is 59.6 Å². The molecule has 0 radical (unpaired) electrons. The van der Waals surface area contributed by atoms with Crippen LogP contribution in [-0.2, 0) is 43.0 Å². The highest BCUT2D eigenvalue weighted by Gasteiger charge is 2.30. The summed E-state index contributed by atoms with van der Waals surface area (Å²) >= 11 is 0.